The van der Waals surface area contributed by atoms with Crippen molar-refractivity contribution in [2.24, 2.45) is 11.7 Å². The van der Waals surface area contributed by atoms with E-state index in [0.717, 1.165) is 12.8 Å². The third kappa shape index (κ3) is 3.48. The highest BCUT2D eigenvalue weighted by Gasteiger charge is 2.25. The minimum absolute atomic E-state index is 0.120. The van der Waals surface area contributed by atoms with Crippen molar-refractivity contribution in [2.45, 2.75) is 38.6 Å². The lowest BCUT2D eigenvalue weighted by Crippen LogP contribution is -2.34. The summed E-state index contributed by atoms with van der Waals surface area (Å²) in [5, 5.41) is 0. The van der Waals surface area contributed by atoms with Crippen LogP contribution in [0, 0.1) is 5.92 Å². The molecule has 0 fully saturated rings. The third-order valence-electron chi connectivity index (χ3n) is 3.95. The maximum atomic E-state index is 6.48. The van der Waals surface area contributed by atoms with Crippen LogP contribution >= 0.6 is 0 Å². The zero-order valence-electron chi connectivity index (χ0n) is 11.8. The predicted molar refractivity (Wildman–Crippen MR) is 79.0 cm³/mol. The van der Waals surface area contributed by atoms with E-state index in [4.69, 9.17) is 10.2 Å². The molecule has 0 radical (unpaired) electrons. The molecular weight excluding hydrogens is 234 g/mol. The molecule has 2 rings (SSSR count). The van der Waals surface area contributed by atoms with E-state index in [1.165, 1.54) is 11.1 Å². The van der Waals surface area contributed by atoms with E-state index in [9.17, 15) is 0 Å². The zero-order chi connectivity index (χ0) is 13.7. The van der Waals surface area contributed by atoms with Crippen LogP contribution in [0.15, 0.2) is 53.3 Å². The molecule has 3 atom stereocenters. The van der Waals surface area contributed by atoms with E-state index in [-0.39, 0.29) is 6.04 Å². The van der Waals surface area contributed by atoms with Gasteiger partial charge in [0.1, 0.15) is 0 Å². The minimum atomic E-state index is 0.120. The van der Waals surface area contributed by atoms with E-state index in [2.05, 4.69) is 44.2 Å². The molecule has 0 bridgehead atoms. The molecule has 1 aromatic carbocycles. The van der Waals surface area contributed by atoms with Gasteiger partial charge in [0.25, 0.3) is 0 Å². The van der Waals surface area contributed by atoms with Crippen molar-refractivity contribution in [3.63, 3.8) is 0 Å². The van der Waals surface area contributed by atoms with Crippen LogP contribution < -0.4 is 5.73 Å². The summed E-state index contributed by atoms with van der Waals surface area (Å²) in [4.78, 5) is 0. The summed E-state index contributed by atoms with van der Waals surface area (Å²) in [5.74, 6) is 0.963. The molecule has 0 aliphatic rings. The van der Waals surface area contributed by atoms with Crippen molar-refractivity contribution < 1.29 is 4.42 Å². The molecule has 2 N–H and O–H groups in total. The normalized spacial score (nSPS) is 15.9. The van der Waals surface area contributed by atoms with Gasteiger partial charge in [0.15, 0.2) is 0 Å². The van der Waals surface area contributed by atoms with Crippen molar-refractivity contribution in [1.82, 2.24) is 0 Å². The van der Waals surface area contributed by atoms with Gasteiger partial charge in [0.2, 0.25) is 0 Å². The van der Waals surface area contributed by atoms with Gasteiger partial charge in [-0.2, -0.15) is 0 Å². The number of rotatable bonds is 6. The molecular formula is C17H23NO. The highest BCUT2D eigenvalue weighted by molar-refractivity contribution is 5.23. The Bertz CT molecular complexity index is 463. The molecule has 0 aliphatic heterocycles. The molecule has 0 amide bonds. The van der Waals surface area contributed by atoms with Gasteiger partial charge in [-0.25, -0.2) is 0 Å². The van der Waals surface area contributed by atoms with Crippen LogP contribution in [0.2, 0.25) is 0 Å². The fraction of sp³-hybridized carbons (Fsp3) is 0.412. The van der Waals surface area contributed by atoms with Gasteiger partial charge < -0.3 is 10.2 Å². The third-order valence-corrected chi connectivity index (χ3v) is 3.95. The molecule has 0 saturated heterocycles. The van der Waals surface area contributed by atoms with Crippen molar-refractivity contribution >= 4 is 0 Å². The SMILES string of the molecule is CCC(C)C(c1ccccc1)C(N)Cc1ccoc1. The molecule has 2 aromatic rings. The van der Waals surface area contributed by atoms with Crippen LogP contribution in [0.1, 0.15) is 37.3 Å². The van der Waals surface area contributed by atoms with Gasteiger partial charge in [-0.3, -0.25) is 0 Å². The van der Waals surface area contributed by atoms with Crippen LogP contribution in [0.25, 0.3) is 0 Å². The molecule has 0 aliphatic carbocycles. The highest BCUT2D eigenvalue weighted by atomic mass is 16.3. The summed E-state index contributed by atoms with van der Waals surface area (Å²) in [6.45, 7) is 4.51. The summed E-state index contributed by atoms with van der Waals surface area (Å²) < 4.78 is 5.13. The summed E-state index contributed by atoms with van der Waals surface area (Å²) in [7, 11) is 0. The van der Waals surface area contributed by atoms with Crippen LogP contribution in [0.5, 0.6) is 0 Å². The summed E-state index contributed by atoms with van der Waals surface area (Å²) >= 11 is 0. The molecule has 19 heavy (non-hydrogen) atoms. The Hall–Kier alpha value is -1.54. The number of nitrogens with two attached hydrogens (primary N) is 1. The first-order valence-electron chi connectivity index (χ1n) is 7.04. The largest absolute Gasteiger partial charge is 0.472 e. The zero-order valence-corrected chi connectivity index (χ0v) is 11.8. The molecule has 2 heteroatoms. The van der Waals surface area contributed by atoms with Crippen LogP contribution in [-0.4, -0.2) is 6.04 Å². The fourth-order valence-electron chi connectivity index (χ4n) is 2.73. The van der Waals surface area contributed by atoms with E-state index in [0.29, 0.717) is 11.8 Å². The summed E-state index contributed by atoms with van der Waals surface area (Å²) in [6.07, 6.45) is 5.50. The molecule has 0 saturated carbocycles. The Morgan fingerprint density at radius 3 is 2.47 bits per heavy atom. The van der Waals surface area contributed by atoms with Crippen molar-refractivity contribution in [2.75, 3.05) is 0 Å². The smallest absolute Gasteiger partial charge is 0.0935 e. The Labute approximate surface area is 115 Å². The molecule has 102 valence electrons. The fourth-order valence-corrected chi connectivity index (χ4v) is 2.73. The van der Waals surface area contributed by atoms with E-state index < -0.39 is 0 Å². The van der Waals surface area contributed by atoms with E-state index >= 15 is 0 Å². The average Bonchev–Trinajstić information content (AvgIpc) is 2.93. The number of hydrogen-bond donors (Lipinski definition) is 1. The standard InChI is InChI=1S/C17H23NO/c1-3-13(2)17(15-7-5-4-6-8-15)16(18)11-14-9-10-19-12-14/h4-10,12-13,16-17H,3,11,18H2,1-2H3. The quantitative estimate of drug-likeness (QED) is 0.850. The van der Waals surface area contributed by atoms with Crippen LogP contribution in [-0.2, 0) is 6.42 Å². The summed E-state index contributed by atoms with van der Waals surface area (Å²) in [6, 6.07) is 12.7. The molecule has 3 unspecified atom stereocenters. The topological polar surface area (TPSA) is 39.2 Å². The number of hydrogen-bond acceptors (Lipinski definition) is 2. The molecule has 1 heterocycles. The maximum absolute atomic E-state index is 6.48. The molecule has 2 nitrogen and oxygen atoms in total. The number of benzene rings is 1. The monoisotopic (exact) mass is 257 g/mol. The van der Waals surface area contributed by atoms with Gasteiger partial charge in [-0.05, 0) is 29.5 Å². The lowest BCUT2D eigenvalue weighted by Gasteiger charge is -2.29. The van der Waals surface area contributed by atoms with Gasteiger partial charge in [-0.1, -0.05) is 50.6 Å². The van der Waals surface area contributed by atoms with Crippen molar-refractivity contribution in [1.29, 1.82) is 0 Å². The first kappa shape index (κ1) is 13.9. The predicted octanol–water partition coefficient (Wildman–Crippen LogP) is 3.98. The Morgan fingerprint density at radius 2 is 1.89 bits per heavy atom. The second kappa shape index (κ2) is 6.58. The van der Waals surface area contributed by atoms with Gasteiger partial charge in [0.05, 0.1) is 12.5 Å². The van der Waals surface area contributed by atoms with Gasteiger partial charge >= 0.3 is 0 Å². The first-order valence-corrected chi connectivity index (χ1v) is 7.04. The number of furan rings is 1. The second-order valence-corrected chi connectivity index (χ2v) is 5.32. The van der Waals surface area contributed by atoms with E-state index in [1.54, 1.807) is 12.5 Å². The Morgan fingerprint density at radius 1 is 1.16 bits per heavy atom. The van der Waals surface area contributed by atoms with Crippen molar-refractivity contribution in [3.05, 3.63) is 60.1 Å². The lowest BCUT2D eigenvalue weighted by atomic mass is 9.79. The Balaban J connectivity index is 2.18. The van der Waals surface area contributed by atoms with Crippen molar-refractivity contribution in [3.8, 4) is 0 Å². The second-order valence-electron chi connectivity index (χ2n) is 5.32. The lowest BCUT2D eigenvalue weighted by molar-refractivity contribution is 0.379. The first-order chi connectivity index (χ1) is 9.22. The summed E-state index contributed by atoms with van der Waals surface area (Å²) in [5.41, 5.74) is 8.99. The average molecular weight is 257 g/mol. The minimum Gasteiger partial charge on any atom is -0.472 e. The maximum Gasteiger partial charge on any atom is 0.0935 e. The molecule has 0 spiro atoms. The van der Waals surface area contributed by atoms with Crippen LogP contribution in [0.4, 0.5) is 0 Å². The van der Waals surface area contributed by atoms with Crippen LogP contribution in [0.3, 0.4) is 0 Å². The molecule has 1 aromatic heterocycles. The van der Waals surface area contributed by atoms with E-state index in [1.807, 2.05) is 6.07 Å². The van der Waals surface area contributed by atoms with Gasteiger partial charge in [0, 0.05) is 12.0 Å². The highest BCUT2D eigenvalue weighted by Crippen LogP contribution is 2.30. The van der Waals surface area contributed by atoms with Gasteiger partial charge in [-0.15, -0.1) is 0 Å². The Kier molecular flexibility index (Phi) is 4.80.